The van der Waals surface area contributed by atoms with Crippen LogP contribution in [0.2, 0.25) is 10.0 Å². The first kappa shape index (κ1) is 17.3. The van der Waals surface area contributed by atoms with Crippen molar-refractivity contribution in [3.63, 3.8) is 0 Å². The zero-order chi connectivity index (χ0) is 18.3. The molecule has 1 saturated carbocycles. The minimum absolute atomic E-state index is 0.0834. The predicted molar refractivity (Wildman–Crippen MR) is 98.8 cm³/mol. The van der Waals surface area contributed by atoms with Crippen molar-refractivity contribution in [3.05, 3.63) is 52.5 Å². The van der Waals surface area contributed by atoms with E-state index in [1.54, 1.807) is 22.9 Å². The molecule has 2 aromatic carbocycles. The summed E-state index contributed by atoms with van der Waals surface area (Å²) in [5.41, 5.74) is 1.10. The molecule has 1 fully saturated rings. The molecule has 1 heterocycles. The van der Waals surface area contributed by atoms with E-state index in [9.17, 15) is 8.42 Å². The average molecular weight is 410 g/mol. The molecule has 0 saturated heterocycles. The molecular weight excluding hydrogens is 397 g/mol. The summed E-state index contributed by atoms with van der Waals surface area (Å²) in [6.07, 6.45) is 2.08. The van der Waals surface area contributed by atoms with Gasteiger partial charge in [-0.3, -0.25) is 4.72 Å². The fourth-order valence-electron chi connectivity index (χ4n) is 2.56. The van der Waals surface area contributed by atoms with E-state index in [2.05, 4.69) is 20.2 Å². The summed E-state index contributed by atoms with van der Waals surface area (Å²) in [5, 5.41) is 12.2. The third kappa shape index (κ3) is 3.40. The van der Waals surface area contributed by atoms with Crippen LogP contribution >= 0.6 is 23.2 Å². The first-order valence-corrected chi connectivity index (χ1v) is 10.0. The molecule has 3 aromatic rings. The summed E-state index contributed by atoms with van der Waals surface area (Å²) in [5.74, 6) is 0.606. The van der Waals surface area contributed by atoms with Crippen molar-refractivity contribution < 1.29 is 8.42 Å². The molecule has 0 amide bonds. The van der Waals surface area contributed by atoms with Crippen LogP contribution < -0.4 is 4.72 Å². The maximum absolute atomic E-state index is 12.7. The topological polar surface area (TPSA) is 89.8 Å². The monoisotopic (exact) mass is 409 g/mol. The Kier molecular flexibility index (Phi) is 4.34. The van der Waals surface area contributed by atoms with Crippen molar-refractivity contribution in [2.24, 2.45) is 0 Å². The van der Waals surface area contributed by atoms with Gasteiger partial charge in [0.15, 0.2) is 5.82 Å². The summed E-state index contributed by atoms with van der Waals surface area (Å²) in [6.45, 7) is 0. The van der Waals surface area contributed by atoms with Gasteiger partial charge in [-0.05, 0) is 53.6 Å². The van der Waals surface area contributed by atoms with Crippen LogP contribution in [-0.4, -0.2) is 28.6 Å². The summed E-state index contributed by atoms with van der Waals surface area (Å²) in [7, 11) is -3.89. The maximum Gasteiger partial charge on any atom is 0.263 e. The van der Waals surface area contributed by atoms with Gasteiger partial charge in [0.25, 0.3) is 10.0 Å². The van der Waals surface area contributed by atoms with Crippen LogP contribution in [0.3, 0.4) is 0 Å². The summed E-state index contributed by atoms with van der Waals surface area (Å²) in [6, 6.07) is 11.5. The Balaban J connectivity index is 1.67. The Morgan fingerprint density at radius 2 is 1.92 bits per heavy atom. The highest BCUT2D eigenvalue weighted by molar-refractivity contribution is 7.92. The van der Waals surface area contributed by atoms with Crippen molar-refractivity contribution in [1.29, 1.82) is 0 Å². The molecule has 1 aliphatic rings. The highest BCUT2D eigenvalue weighted by atomic mass is 35.5. The molecule has 1 aromatic heterocycles. The van der Waals surface area contributed by atoms with E-state index in [0.717, 1.165) is 18.4 Å². The predicted octanol–water partition coefficient (Wildman–Crippen LogP) is 3.78. The first-order chi connectivity index (χ1) is 12.4. The van der Waals surface area contributed by atoms with Gasteiger partial charge in [0, 0.05) is 16.3 Å². The molecule has 1 N–H and O–H groups in total. The first-order valence-electron chi connectivity index (χ1n) is 7.80. The van der Waals surface area contributed by atoms with Crippen molar-refractivity contribution in [3.8, 4) is 11.4 Å². The summed E-state index contributed by atoms with van der Waals surface area (Å²) < 4.78 is 29.6. The SMILES string of the molecule is O=S(=O)(Nc1cccc(-c2nnnn2C2CC2)c1)c1cc(Cl)ccc1Cl. The molecular formula is C16H13Cl2N5O2S. The summed E-state index contributed by atoms with van der Waals surface area (Å²) >= 11 is 11.9. The van der Waals surface area contributed by atoms with Gasteiger partial charge in [0.1, 0.15) is 4.90 Å². The second kappa shape index (κ2) is 6.53. The van der Waals surface area contributed by atoms with Crippen molar-refractivity contribution in [2.45, 2.75) is 23.8 Å². The molecule has 0 atom stereocenters. The van der Waals surface area contributed by atoms with Crippen molar-refractivity contribution in [2.75, 3.05) is 4.72 Å². The lowest BCUT2D eigenvalue weighted by Crippen LogP contribution is -2.13. The lowest BCUT2D eigenvalue weighted by Gasteiger charge is -2.11. The molecule has 0 unspecified atom stereocenters. The molecule has 26 heavy (non-hydrogen) atoms. The Bertz CT molecular complexity index is 1080. The van der Waals surface area contributed by atoms with E-state index in [0.29, 0.717) is 17.6 Å². The quantitative estimate of drug-likeness (QED) is 0.692. The lowest BCUT2D eigenvalue weighted by molar-refractivity contribution is 0.601. The standard InChI is InChI=1S/C16H13Cl2N5O2S/c17-11-4-7-14(18)15(9-11)26(24,25)20-12-3-1-2-10(8-12)16-19-21-22-23(16)13-5-6-13/h1-4,7-9,13,20H,5-6H2. The van der Waals surface area contributed by atoms with Crippen LogP contribution in [0.5, 0.6) is 0 Å². The van der Waals surface area contributed by atoms with Gasteiger partial charge in [-0.25, -0.2) is 13.1 Å². The van der Waals surface area contributed by atoms with Crippen LogP contribution in [-0.2, 0) is 10.0 Å². The Morgan fingerprint density at radius 3 is 2.69 bits per heavy atom. The van der Waals surface area contributed by atoms with Gasteiger partial charge in [-0.1, -0.05) is 35.3 Å². The number of hydrogen-bond donors (Lipinski definition) is 1. The number of nitrogens with one attached hydrogen (secondary N) is 1. The number of benzene rings is 2. The lowest BCUT2D eigenvalue weighted by atomic mass is 10.2. The molecule has 1 aliphatic carbocycles. The van der Waals surface area contributed by atoms with Gasteiger partial charge in [0.05, 0.1) is 11.1 Å². The molecule has 0 bridgehead atoms. The number of anilines is 1. The van der Waals surface area contributed by atoms with Crippen LogP contribution in [0.15, 0.2) is 47.4 Å². The van der Waals surface area contributed by atoms with E-state index < -0.39 is 10.0 Å². The van der Waals surface area contributed by atoms with Gasteiger partial charge >= 0.3 is 0 Å². The molecule has 7 nitrogen and oxygen atoms in total. The molecule has 134 valence electrons. The van der Waals surface area contributed by atoms with E-state index in [1.807, 2.05) is 6.07 Å². The van der Waals surface area contributed by atoms with E-state index >= 15 is 0 Å². The Labute approximate surface area is 160 Å². The van der Waals surface area contributed by atoms with Crippen molar-refractivity contribution >= 4 is 38.9 Å². The maximum atomic E-state index is 12.7. The number of hydrogen-bond acceptors (Lipinski definition) is 5. The second-order valence-corrected chi connectivity index (χ2v) is 8.43. The fraction of sp³-hybridized carbons (Fsp3) is 0.188. The molecule has 0 aliphatic heterocycles. The van der Waals surface area contributed by atoms with Crippen LogP contribution in [0.1, 0.15) is 18.9 Å². The highest BCUT2D eigenvalue weighted by Gasteiger charge is 2.28. The Morgan fingerprint density at radius 1 is 1.12 bits per heavy atom. The van der Waals surface area contributed by atoms with Gasteiger partial charge in [0.2, 0.25) is 0 Å². The van der Waals surface area contributed by atoms with Gasteiger partial charge < -0.3 is 0 Å². The van der Waals surface area contributed by atoms with Crippen LogP contribution in [0.25, 0.3) is 11.4 Å². The summed E-state index contributed by atoms with van der Waals surface area (Å²) in [4.78, 5) is -0.0834. The smallest absolute Gasteiger partial charge is 0.263 e. The third-order valence-electron chi connectivity index (χ3n) is 3.94. The van der Waals surface area contributed by atoms with E-state index in [4.69, 9.17) is 23.2 Å². The zero-order valence-electron chi connectivity index (χ0n) is 13.3. The number of tetrazole rings is 1. The highest BCUT2D eigenvalue weighted by Crippen LogP contribution is 2.37. The molecule has 10 heteroatoms. The molecule has 0 spiro atoms. The van der Waals surface area contributed by atoms with Gasteiger partial charge in [-0.15, -0.1) is 5.10 Å². The number of halogens is 2. The fourth-order valence-corrected chi connectivity index (χ4v) is 4.38. The number of aromatic nitrogens is 4. The number of nitrogens with zero attached hydrogens (tertiary/aromatic N) is 4. The zero-order valence-corrected chi connectivity index (χ0v) is 15.6. The molecule has 0 radical (unpaired) electrons. The second-order valence-electron chi connectivity index (χ2n) is 5.94. The number of sulfonamides is 1. The van der Waals surface area contributed by atoms with Crippen LogP contribution in [0.4, 0.5) is 5.69 Å². The van der Waals surface area contributed by atoms with Crippen molar-refractivity contribution in [1.82, 2.24) is 20.2 Å². The van der Waals surface area contributed by atoms with E-state index in [1.165, 1.54) is 18.2 Å². The average Bonchev–Trinajstić information content (AvgIpc) is 3.33. The third-order valence-corrected chi connectivity index (χ3v) is 6.04. The largest absolute Gasteiger partial charge is 0.280 e. The Hall–Kier alpha value is -2.16. The normalized spacial score (nSPS) is 14.4. The molecule has 4 rings (SSSR count). The van der Waals surface area contributed by atoms with Gasteiger partial charge in [-0.2, -0.15) is 0 Å². The minimum atomic E-state index is -3.89. The van der Waals surface area contributed by atoms with Crippen LogP contribution in [0, 0.1) is 0 Å². The minimum Gasteiger partial charge on any atom is -0.280 e. The van der Waals surface area contributed by atoms with E-state index in [-0.39, 0.29) is 14.9 Å². The number of rotatable bonds is 5.